The van der Waals surface area contributed by atoms with Crippen molar-refractivity contribution < 1.29 is 0 Å². The second-order valence-corrected chi connectivity index (χ2v) is 2.91. The Hall–Kier alpha value is -1.30. The Bertz CT molecular complexity index is 295. The maximum absolute atomic E-state index is 4.00. The molecule has 1 rings (SSSR count). The zero-order chi connectivity index (χ0) is 8.97. The van der Waals surface area contributed by atoms with Gasteiger partial charge in [-0.25, -0.2) is 0 Å². The summed E-state index contributed by atoms with van der Waals surface area (Å²) < 4.78 is 0. The number of allylic oxidation sites excluding steroid dienone is 2. The van der Waals surface area contributed by atoms with Gasteiger partial charge in [0.05, 0.1) is 0 Å². The molecule has 0 aliphatic rings. The molecule has 0 saturated carbocycles. The molecule has 0 aromatic heterocycles. The van der Waals surface area contributed by atoms with E-state index in [0.717, 1.165) is 12.0 Å². The molecule has 12 heavy (non-hydrogen) atoms. The summed E-state index contributed by atoms with van der Waals surface area (Å²) in [5, 5.41) is 0. The molecule has 0 radical (unpaired) electrons. The van der Waals surface area contributed by atoms with Gasteiger partial charge >= 0.3 is 0 Å². The molecular weight excluding hydrogens is 144 g/mol. The Labute approximate surface area is 74.2 Å². The van der Waals surface area contributed by atoms with Crippen LogP contribution in [0.4, 0.5) is 0 Å². The van der Waals surface area contributed by atoms with E-state index < -0.39 is 0 Å². The molecular formula is C12H14. The number of benzene rings is 1. The molecule has 0 fully saturated rings. The Morgan fingerprint density at radius 3 is 2.67 bits per heavy atom. The van der Waals surface area contributed by atoms with Crippen molar-refractivity contribution in [1.29, 1.82) is 0 Å². The van der Waals surface area contributed by atoms with Gasteiger partial charge in [-0.3, -0.25) is 0 Å². The van der Waals surface area contributed by atoms with E-state index in [1.807, 2.05) is 18.2 Å². The Morgan fingerprint density at radius 2 is 2.08 bits per heavy atom. The van der Waals surface area contributed by atoms with Gasteiger partial charge in [-0.1, -0.05) is 36.9 Å². The summed E-state index contributed by atoms with van der Waals surface area (Å²) in [5.74, 6) is 0. The van der Waals surface area contributed by atoms with Crippen LogP contribution in [0.25, 0.3) is 5.57 Å². The van der Waals surface area contributed by atoms with Crippen molar-refractivity contribution in [3.8, 4) is 0 Å². The van der Waals surface area contributed by atoms with Crippen LogP contribution in [0.15, 0.2) is 43.5 Å². The molecule has 0 spiro atoms. The van der Waals surface area contributed by atoms with Crippen LogP contribution in [0.2, 0.25) is 0 Å². The highest BCUT2D eigenvalue weighted by Crippen LogP contribution is 2.19. The minimum Gasteiger partial charge on any atom is -0.103 e. The second kappa shape index (κ2) is 3.91. The van der Waals surface area contributed by atoms with Crippen molar-refractivity contribution in [2.45, 2.75) is 13.3 Å². The van der Waals surface area contributed by atoms with Crippen molar-refractivity contribution in [3.63, 3.8) is 0 Å². The van der Waals surface area contributed by atoms with Gasteiger partial charge in [0.25, 0.3) is 0 Å². The van der Waals surface area contributed by atoms with Crippen molar-refractivity contribution in [2.75, 3.05) is 0 Å². The summed E-state index contributed by atoms with van der Waals surface area (Å²) in [4.78, 5) is 0. The van der Waals surface area contributed by atoms with Gasteiger partial charge in [-0.05, 0) is 30.0 Å². The minimum absolute atomic E-state index is 0.866. The van der Waals surface area contributed by atoms with Crippen LogP contribution in [0.5, 0.6) is 0 Å². The summed E-state index contributed by atoms with van der Waals surface area (Å²) in [6, 6.07) is 8.28. The fourth-order valence-electron chi connectivity index (χ4n) is 1.25. The van der Waals surface area contributed by atoms with Gasteiger partial charge < -0.3 is 0 Å². The lowest BCUT2D eigenvalue weighted by Gasteiger charge is -2.05. The quantitative estimate of drug-likeness (QED) is 0.590. The van der Waals surface area contributed by atoms with Crippen LogP contribution in [0, 0.1) is 6.92 Å². The SMILES string of the molecule is C=CCC(=C)c1ccccc1C. The molecule has 1 aromatic carbocycles. The third-order valence-electron chi connectivity index (χ3n) is 1.92. The Balaban J connectivity index is 2.94. The van der Waals surface area contributed by atoms with E-state index in [1.165, 1.54) is 11.1 Å². The second-order valence-electron chi connectivity index (χ2n) is 2.91. The molecule has 0 heterocycles. The lowest BCUT2D eigenvalue weighted by atomic mass is 10.00. The van der Waals surface area contributed by atoms with E-state index in [-0.39, 0.29) is 0 Å². The number of rotatable bonds is 3. The molecule has 0 unspecified atom stereocenters. The van der Waals surface area contributed by atoms with Crippen LogP contribution in [0.1, 0.15) is 17.5 Å². The van der Waals surface area contributed by atoms with E-state index in [9.17, 15) is 0 Å². The van der Waals surface area contributed by atoms with E-state index >= 15 is 0 Å². The van der Waals surface area contributed by atoms with Gasteiger partial charge in [-0.2, -0.15) is 0 Å². The van der Waals surface area contributed by atoms with Gasteiger partial charge in [0.2, 0.25) is 0 Å². The summed E-state index contributed by atoms with van der Waals surface area (Å²) in [5.41, 5.74) is 3.67. The smallest absolute Gasteiger partial charge is 0.01000 e. The summed E-state index contributed by atoms with van der Waals surface area (Å²) in [7, 11) is 0. The van der Waals surface area contributed by atoms with Crippen LogP contribution in [-0.4, -0.2) is 0 Å². The molecule has 0 atom stereocenters. The first-order valence-electron chi connectivity index (χ1n) is 4.10. The van der Waals surface area contributed by atoms with Crippen molar-refractivity contribution in [2.24, 2.45) is 0 Å². The average molecular weight is 158 g/mol. The Morgan fingerprint density at radius 1 is 1.42 bits per heavy atom. The molecule has 1 aromatic rings. The lowest BCUT2D eigenvalue weighted by Crippen LogP contribution is -1.85. The average Bonchev–Trinajstić information content (AvgIpc) is 2.05. The minimum atomic E-state index is 0.866. The van der Waals surface area contributed by atoms with Crippen LogP contribution >= 0.6 is 0 Å². The molecule has 0 aliphatic carbocycles. The molecule has 0 N–H and O–H groups in total. The highest BCUT2D eigenvalue weighted by Gasteiger charge is 1.98. The summed E-state index contributed by atoms with van der Waals surface area (Å²) in [6.07, 6.45) is 2.75. The molecule has 0 nitrogen and oxygen atoms in total. The monoisotopic (exact) mass is 158 g/mol. The fraction of sp³-hybridized carbons (Fsp3) is 0.167. The highest BCUT2D eigenvalue weighted by atomic mass is 14.0. The van der Waals surface area contributed by atoms with Crippen molar-refractivity contribution in [1.82, 2.24) is 0 Å². The zero-order valence-corrected chi connectivity index (χ0v) is 7.51. The largest absolute Gasteiger partial charge is 0.103 e. The summed E-state index contributed by atoms with van der Waals surface area (Å²) in [6.45, 7) is 9.80. The molecule has 0 amide bonds. The van der Waals surface area contributed by atoms with Crippen LogP contribution < -0.4 is 0 Å². The summed E-state index contributed by atoms with van der Waals surface area (Å²) >= 11 is 0. The third kappa shape index (κ3) is 1.85. The Kier molecular flexibility index (Phi) is 2.87. The van der Waals surface area contributed by atoms with Crippen LogP contribution in [-0.2, 0) is 0 Å². The van der Waals surface area contributed by atoms with Gasteiger partial charge in [0.1, 0.15) is 0 Å². The van der Waals surface area contributed by atoms with E-state index in [2.05, 4.69) is 32.2 Å². The number of hydrogen-bond acceptors (Lipinski definition) is 0. The van der Waals surface area contributed by atoms with Gasteiger partial charge in [0.15, 0.2) is 0 Å². The predicted octanol–water partition coefficient (Wildman–Crippen LogP) is 3.58. The lowest BCUT2D eigenvalue weighted by molar-refractivity contribution is 1.35. The molecule has 0 heteroatoms. The maximum atomic E-state index is 4.00. The molecule has 62 valence electrons. The maximum Gasteiger partial charge on any atom is -0.01000 e. The van der Waals surface area contributed by atoms with E-state index in [4.69, 9.17) is 0 Å². The number of hydrogen-bond donors (Lipinski definition) is 0. The predicted molar refractivity (Wildman–Crippen MR) is 55.0 cm³/mol. The van der Waals surface area contributed by atoms with E-state index in [1.54, 1.807) is 0 Å². The first kappa shape index (κ1) is 8.79. The fourth-order valence-corrected chi connectivity index (χ4v) is 1.25. The molecule has 0 bridgehead atoms. The van der Waals surface area contributed by atoms with Crippen molar-refractivity contribution in [3.05, 3.63) is 54.6 Å². The zero-order valence-electron chi connectivity index (χ0n) is 7.51. The molecule has 0 aliphatic heterocycles. The van der Waals surface area contributed by atoms with Gasteiger partial charge in [0, 0.05) is 0 Å². The van der Waals surface area contributed by atoms with Crippen LogP contribution in [0.3, 0.4) is 0 Å². The topological polar surface area (TPSA) is 0 Å². The number of aryl methyl sites for hydroxylation is 1. The standard InChI is InChI=1S/C12H14/c1-4-7-10(2)12-9-6-5-8-11(12)3/h4-6,8-9H,1-2,7H2,3H3. The van der Waals surface area contributed by atoms with Crippen molar-refractivity contribution >= 4 is 5.57 Å². The van der Waals surface area contributed by atoms with E-state index in [0.29, 0.717) is 0 Å². The van der Waals surface area contributed by atoms with Gasteiger partial charge in [-0.15, -0.1) is 6.58 Å². The normalized spacial score (nSPS) is 9.42. The third-order valence-corrected chi connectivity index (χ3v) is 1.92. The highest BCUT2D eigenvalue weighted by molar-refractivity contribution is 5.66. The first-order valence-corrected chi connectivity index (χ1v) is 4.10. The molecule has 0 saturated heterocycles. The first-order chi connectivity index (χ1) is 5.75.